The number of aromatic nitrogens is 1. The molecule has 1 rings (SSSR count). The Labute approximate surface area is 133 Å². The van der Waals surface area contributed by atoms with Gasteiger partial charge in [-0.1, -0.05) is 6.07 Å². The van der Waals surface area contributed by atoms with Gasteiger partial charge >= 0.3 is 0 Å². The van der Waals surface area contributed by atoms with Crippen molar-refractivity contribution < 1.29 is 0 Å². The average molecular weight is 305 g/mol. The van der Waals surface area contributed by atoms with Crippen LogP contribution in [0.5, 0.6) is 0 Å². The molecule has 0 radical (unpaired) electrons. The molecule has 0 aliphatic heterocycles. The van der Waals surface area contributed by atoms with Gasteiger partial charge < -0.3 is 19.6 Å². The van der Waals surface area contributed by atoms with E-state index in [1.165, 1.54) is 0 Å². The Bertz CT molecular complexity index is 479. The van der Waals surface area contributed by atoms with E-state index in [1.807, 2.05) is 94.2 Å². The van der Waals surface area contributed by atoms with Crippen LogP contribution in [-0.4, -0.2) is 92.9 Å². The summed E-state index contributed by atoms with van der Waals surface area (Å²) in [7, 11) is 15.6. The second-order valence-corrected chi connectivity index (χ2v) is 5.76. The summed E-state index contributed by atoms with van der Waals surface area (Å²) >= 11 is 0. The molecular formula is C15H27N7. The predicted octanol–water partition coefficient (Wildman–Crippen LogP) is 1.30. The molecule has 0 bridgehead atoms. The lowest BCUT2D eigenvalue weighted by atomic mass is 10.4. The Balaban J connectivity index is 3.19. The Hall–Kier alpha value is -2.31. The molecule has 0 saturated carbocycles. The van der Waals surface area contributed by atoms with Crippen LogP contribution in [0.2, 0.25) is 0 Å². The number of aliphatic imine (C=N–C) groups is 2. The van der Waals surface area contributed by atoms with Crippen molar-refractivity contribution in [3.8, 4) is 0 Å². The fourth-order valence-corrected chi connectivity index (χ4v) is 1.94. The largest absolute Gasteiger partial charge is 0.349 e. The molecule has 122 valence electrons. The maximum Gasteiger partial charge on any atom is 0.202 e. The molecule has 0 N–H and O–H groups in total. The van der Waals surface area contributed by atoms with E-state index in [1.54, 1.807) is 0 Å². The smallest absolute Gasteiger partial charge is 0.202 e. The van der Waals surface area contributed by atoms with Gasteiger partial charge in [-0.05, 0) is 12.1 Å². The van der Waals surface area contributed by atoms with Crippen molar-refractivity contribution in [1.29, 1.82) is 0 Å². The van der Waals surface area contributed by atoms with Crippen molar-refractivity contribution in [1.82, 2.24) is 24.6 Å². The van der Waals surface area contributed by atoms with Crippen LogP contribution >= 0.6 is 0 Å². The highest BCUT2D eigenvalue weighted by Crippen LogP contribution is 2.16. The molecule has 1 aromatic heterocycles. The zero-order valence-electron chi connectivity index (χ0n) is 14.9. The number of pyridine rings is 1. The van der Waals surface area contributed by atoms with Crippen molar-refractivity contribution in [2.24, 2.45) is 9.98 Å². The van der Waals surface area contributed by atoms with E-state index < -0.39 is 0 Å². The van der Waals surface area contributed by atoms with Gasteiger partial charge in [-0.15, -0.1) is 0 Å². The zero-order valence-corrected chi connectivity index (χ0v) is 14.9. The van der Waals surface area contributed by atoms with E-state index in [9.17, 15) is 0 Å². The standard InChI is InChI=1S/C15H27N7/c1-19(2)14(20(3)4)17-12-10-9-11-13(16-12)18-15(21(5)6)22(7)8/h9-11H,1-8H3. The van der Waals surface area contributed by atoms with Crippen LogP contribution in [0.25, 0.3) is 0 Å². The van der Waals surface area contributed by atoms with Crippen molar-refractivity contribution in [2.45, 2.75) is 0 Å². The second kappa shape index (κ2) is 7.63. The van der Waals surface area contributed by atoms with Crippen LogP contribution in [0, 0.1) is 0 Å². The van der Waals surface area contributed by atoms with Crippen LogP contribution < -0.4 is 0 Å². The highest BCUT2D eigenvalue weighted by Gasteiger charge is 2.08. The van der Waals surface area contributed by atoms with Crippen molar-refractivity contribution in [2.75, 3.05) is 56.4 Å². The molecule has 0 aromatic carbocycles. The van der Waals surface area contributed by atoms with Gasteiger partial charge in [0.05, 0.1) is 0 Å². The Kier molecular flexibility index (Phi) is 6.15. The molecule has 7 heteroatoms. The highest BCUT2D eigenvalue weighted by atomic mass is 15.4. The first-order valence-electron chi connectivity index (χ1n) is 7.06. The van der Waals surface area contributed by atoms with Gasteiger partial charge in [0, 0.05) is 56.4 Å². The van der Waals surface area contributed by atoms with Crippen LogP contribution in [0.3, 0.4) is 0 Å². The summed E-state index contributed by atoms with van der Waals surface area (Å²) in [5, 5.41) is 0. The third-order valence-corrected chi connectivity index (χ3v) is 2.75. The molecular weight excluding hydrogens is 278 g/mol. The summed E-state index contributed by atoms with van der Waals surface area (Å²) in [4.78, 5) is 21.4. The Morgan fingerprint density at radius 2 is 1.00 bits per heavy atom. The molecule has 0 spiro atoms. The molecule has 0 unspecified atom stereocenters. The molecule has 0 atom stereocenters. The first-order chi connectivity index (χ1) is 10.2. The van der Waals surface area contributed by atoms with Crippen LogP contribution in [0.15, 0.2) is 28.2 Å². The van der Waals surface area contributed by atoms with Gasteiger partial charge in [-0.25, -0.2) is 4.98 Å². The minimum atomic E-state index is 0.635. The van der Waals surface area contributed by atoms with Crippen LogP contribution in [0.4, 0.5) is 11.6 Å². The monoisotopic (exact) mass is 305 g/mol. The summed E-state index contributed by atoms with van der Waals surface area (Å²) in [6.07, 6.45) is 0. The minimum Gasteiger partial charge on any atom is -0.349 e. The molecule has 0 amide bonds. The minimum absolute atomic E-state index is 0.635. The van der Waals surface area contributed by atoms with Gasteiger partial charge in [-0.2, -0.15) is 9.98 Å². The zero-order chi connectivity index (χ0) is 16.9. The Morgan fingerprint density at radius 3 is 1.27 bits per heavy atom. The lowest BCUT2D eigenvalue weighted by Gasteiger charge is -2.23. The molecule has 0 fully saturated rings. The summed E-state index contributed by atoms with van der Waals surface area (Å²) < 4.78 is 0. The average Bonchev–Trinajstić information content (AvgIpc) is 2.41. The summed E-state index contributed by atoms with van der Waals surface area (Å²) in [6.45, 7) is 0. The number of hydrogen-bond donors (Lipinski definition) is 0. The third-order valence-electron chi connectivity index (χ3n) is 2.75. The summed E-state index contributed by atoms with van der Waals surface area (Å²) in [5.41, 5.74) is 0. The fourth-order valence-electron chi connectivity index (χ4n) is 1.94. The maximum absolute atomic E-state index is 4.58. The van der Waals surface area contributed by atoms with Crippen molar-refractivity contribution in [3.63, 3.8) is 0 Å². The summed E-state index contributed by atoms with van der Waals surface area (Å²) in [5.74, 6) is 2.93. The molecule has 1 heterocycles. The predicted molar refractivity (Wildman–Crippen MR) is 93.2 cm³/mol. The van der Waals surface area contributed by atoms with E-state index in [0.717, 1.165) is 11.9 Å². The van der Waals surface area contributed by atoms with E-state index in [4.69, 9.17) is 0 Å². The third kappa shape index (κ3) is 4.91. The molecule has 1 aromatic rings. The molecule has 0 aliphatic carbocycles. The molecule has 22 heavy (non-hydrogen) atoms. The number of rotatable bonds is 2. The topological polar surface area (TPSA) is 50.6 Å². The first kappa shape index (κ1) is 17.7. The first-order valence-corrected chi connectivity index (χ1v) is 7.06. The molecule has 0 aliphatic rings. The van der Waals surface area contributed by atoms with Crippen molar-refractivity contribution in [3.05, 3.63) is 18.2 Å². The van der Waals surface area contributed by atoms with Crippen LogP contribution in [-0.2, 0) is 0 Å². The quantitative estimate of drug-likeness (QED) is 0.609. The van der Waals surface area contributed by atoms with Gasteiger partial charge in [-0.3, -0.25) is 0 Å². The van der Waals surface area contributed by atoms with Gasteiger partial charge in [0.2, 0.25) is 11.9 Å². The highest BCUT2D eigenvalue weighted by molar-refractivity contribution is 5.82. The normalized spacial score (nSPS) is 9.82. The van der Waals surface area contributed by atoms with Gasteiger partial charge in [0.1, 0.15) is 0 Å². The number of nitrogens with zero attached hydrogens (tertiary/aromatic N) is 7. The Morgan fingerprint density at radius 1 is 0.682 bits per heavy atom. The van der Waals surface area contributed by atoms with Crippen molar-refractivity contribution >= 4 is 23.6 Å². The van der Waals surface area contributed by atoms with Gasteiger partial charge in [0.25, 0.3) is 0 Å². The lowest BCUT2D eigenvalue weighted by molar-refractivity contribution is 0.483. The lowest BCUT2D eigenvalue weighted by Crippen LogP contribution is -2.35. The van der Waals surface area contributed by atoms with Crippen LogP contribution in [0.1, 0.15) is 0 Å². The van der Waals surface area contributed by atoms with E-state index in [-0.39, 0.29) is 0 Å². The number of hydrogen-bond acceptors (Lipinski definition) is 3. The van der Waals surface area contributed by atoms with E-state index in [0.29, 0.717) is 11.6 Å². The van der Waals surface area contributed by atoms with E-state index >= 15 is 0 Å². The van der Waals surface area contributed by atoms with Gasteiger partial charge in [0.15, 0.2) is 11.6 Å². The second-order valence-electron chi connectivity index (χ2n) is 5.76. The SMILES string of the molecule is CN(C)C(=Nc1cccc(N=C(N(C)C)N(C)C)n1)N(C)C. The summed E-state index contributed by atoms with van der Waals surface area (Å²) in [6, 6.07) is 5.66. The molecule has 0 saturated heterocycles. The maximum atomic E-state index is 4.58. The number of guanidine groups is 2. The molecule has 7 nitrogen and oxygen atoms in total. The fraction of sp³-hybridized carbons (Fsp3) is 0.533. The van der Waals surface area contributed by atoms with E-state index in [2.05, 4.69) is 15.0 Å².